The fraction of sp³-hybridized carbons (Fsp3) is 0.526. The number of benzene rings is 1. The van der Waals surface area contributed by atoms with Crippen LogP contribution in [0.3, 0.4) is 0 Å². The number of anilines is 1. The molecular weight excluding hydrogens is 316 g/mol. The van der Waals surface area contributed by atoms with Gasteiger partial charge in [0.15, 0.2) is 8.24 Å². The molecule has 2 rings (SSSR count). The SMILES string of the molecule is CC(C)[Si](C(C)C)(C(C)C)n1ccc2ccc(N(C)C(=O)O)cc21. The van der Waals surface area contributed by atoms with Gasteiger partial charge in [-0.25, -0.2) is 4.79 Å². The Labute approximate surface area is 146 Å². The van der Waals surface area contributed by atoms with Crippen LogP contribution in [0.5, 0.6) is 0 Å². The molecule has 0 bridgehead atoms. The molecule has 1 heterocycles. The summed E-state index contributed by atoms with van der Waals surface area (Å²) in [6.45, 7) is 14.0. The van der Waals surface area contributed by atoms with Crippen molar-refractivity contribution in [2.24, 2.45) is 0 Å². The van der Waals surface area contributed by atoms with Crippen molar-refractivity contribution in [3.63, 3.8) is 0 Å². The number of nitrogens with zero attached hydrogens (tertiary/aromatic N) is 2. The first-order chi connectivity index (χ1) is 11.1. The molecule has 0 fully saturated rings. The van der Waals surface area contributed by atoms with E-state index in [-0.39, 0.29) is 0 Å². The van der Waals surface area contributed by atoms with E-state index >= 15 is 0 Å². The average Bonchev–Trinajstić information content (AvgIpc) is 2.89. The Balaban J connectivity index is 2.74. The standard InChI is InChI=1S/C19H30N2O2Si/c1-13(2)24(14(3)4,15(5)6)21-11-10-16-8-9-17(12-18(16)21)20(7)19(22)23/h8-15H,1-7H3,(H,22,23). The van der Waals surface area contributed by atoms with E-state index in [9.17, 15) is 9.90 Å². The van der Waals surface area contributed by atoms with Crippen LogP contribution in [0.25, 0.3) is 10.9 Å². The third kappa shape index (κ3) is 2.75. The number of aromatic nitrogens is 1. The summed E-state index contributed by atoms with van der Waals surface area (Å²) in [7, 11) is -0.258. The van der Waals surface area contributed by atoms with Crippen molar-refractivity contribution in [2.75, 3.05) is 11.9 Å². The molecule has 4 nitrogen and oxygen atoms in total. The largest absolute Gasteiger partial charge is 0.465 e. The van der Waals surface area contributed by atoms with Gasteiger partial charge in [-0.3, -0.25) is 4.90 Å². The predicted molar refractivity (Wildman–Crippen MR) is 105 cm³/mol. The Morgan fingerprint density at radius 2 is 1.58 bits per heavy atom. The van der Waals surface area contributed by atoms with Gasteiger partial charge in [-0.05, 0) is 46.4 Å². The van der Waals surface area contributed by atoms with E-state index < -0.39 is 14.3 Å². The maximum atomic E-state index is 11.3. The van der Waals surface area contributed by atoms with E-state index in [1.807, 2.05) is 18.2 Å². The van der Waals surface area contributed by atoms with Gasteiger partial charge in [0.25, 0.3) is 0 Å². The summed E-state index contributed by atoms with van der Waals surface area (Å²) in [5, 5.41) is 10.5. The number of hydrogen-bond donors (Lipinski definition) is 1. The Morgan fingerprint density at radius 3 is 2.04 bits per heavy atom. The number of fused-ring (bicyclic) bond motifs is 1. The van der Waals surface area contributed by atoms with Crippen LogP contribution >= 0.6 is 0 Å². The third-order valence-electron chi connectivity index (χ3n) is 5.54. The smallest absolute Gasteiger partial charge is 0.411 e. The van der Waals surface area contributed by atoms with Crippen LogP contribution < -0.4 is 4.90 Å². The highest BCUT2D eigenvalue weighted by molar-refractivity contribution is 6.82. The molecule has 1 aromatic carbocycles. The van der Waals surface area contributed by atoms with Crippen molar-refractivity contribution in [3.05, 3.63) is 30.5 Å². The second kappa shape index (κ2) is 6.63. The molecule has 5 heteroatoms. The summed E-state index contributed by atoms with van der Waals surface area (Å²) in [6.07, 6.45) is 1.29. The van der Waals surface area contributed by atoms with Crippen LogP contribution in [0, 0.1) is 0 Å². The van der Waals surface area contributed by atoms with Crippen molar-refractivity contribution in [2.45, 2.75) is 58.2 Å². The first-order valence-corrected chi connectivity index (χ1v) is 10.9. The zero-order chi connectivity index (χ0) is 18.2. The van der Waals surface area contributed by atoms with Crippen LogP contribution in [-0.2, 0) is 0 Å². The normalized spacial score (nSPS) is 12.6. The highest BCUT2D eigenvalue weighted by atomic mass is 28.3. The van der Waals surface area contributed by atoms with Crippen LogP contribution in [0.1, 0.15) is 41.5 Å². The van der Waals surface area contributed by atoms with E-state index in [0.717, 1.165) is 5.52 Å². The monoisotopic (exact) mass is 346 g/mol. The van der Waals surface area contributed by atoms with E-state index in [1.165, 1.54) is 10.3 Å². The summed E-state index contributed by atoms with van der Waals surface area (Å²) < 4.78 is 2.52. The molecule has 0 saturated heterocycles. The van der Waals surface area contributed by atoms with Crippen molar-refractivity contribution in [1.29, 1.82) is 0 Å². The van der Waals surface area contributed by atoms with Crippen molar-refractivity contribution in [3.8, 4) is 0 Å². The average molecular weight is 347 g/mol. The zero-order valence-corrected chi connectivity index (χ0v) is 16.9. The lowest BCUT2D eigenvalue weighted by atomic mass is 10.2. The van der Waals surface area contributed by atoms with Crippen LogP contribution in [-0.4, -0.2) is 30.7 Å². The molecule has 1 amide bonds. The highest BCUT2D eigenvalue weighted by Gasteiger charge is 2.45. The van der Waals surface area contributed by atoms with E-state index in [4.69, 9.17) is 0 Å². The molecule has 1 aromatic heterocycles. The number of amides is 1. The number of carbonyl (C=O) groups is 1. The second-order valence-corrected chi connectivity index (χ2v) is 13.3. The molecule has 0 aliphatic heterocycles. The minimum absolute atomic E-state index is 0.592. The van der Waals surface area contributed by atoms with Gasteiger partial charge in [0.1, 0.15) is 0 Å². The van der Waals surface area contributed by atoms with E-state index in [1.54, 1.807) is 7.05 Å². The minimum Gasteiger partial charge on any atom is -0.465 e. The molecule has 0 atom stereocenters. The van der Waals surface area contributed by atoms with Gasteiger partial charge in [-0.2, -0.15) is 0 Å². The van der Waals surface area contributed by atoms with Crippen molar-refractivity contribution >= 4 is 30.9 Å². The first-order valence-electron chi connectivity index (χ1n) is 8.72. The van der Waals surface area contributed by atoms with Crippen LogP contribution in [0.2, 0.25) is 16.6 Å². The molecule has 0 spiro atoms. The van der Waals surface area contributed by atoms with Gasteiger partial charge < -0.3 is 9.34 Å². The molecule has 24 heavy (non-hydrogen) atoms. The summed E-state index contributed by atoms with van der Waals surface area (Å²) in [5.41, 5.74) is 3.65. The maximum Gasteiger partial charge on any atom is 0.411 e. The molecule has 2 aromatic rings. The molecule has 132 valence electrons. The van der Waals surface area contributed by atoms with Crippen LogP contribution in [0.4, 0.5) is 10.5 Å². The Kier molecular flexibility index (Phi) is 5.13. The minimum atomic E-state index is -1.85. The zero-order valence-electron chi connectivity index (χ0n) is 15.9. The van der Waals surface area contributed by atoms with Gasteiger partial charge >= 0.3 is 6.09 Å². The Hall–Kier alpha value is -1.75. The quantitative estimate of drug-likeness (QED) is 0.698. The fourth-order valence-corrected chi connectivity index (χ4v) is 11.2. The van der Waals surface area contributed by atoms with Gasteiger partial charge in [-0.15, -0.1) is 0 Å². The number of carboxylic acid groups (broad SMARTS) is 1. The van der Waals surface area contributed by atoms with Crippen LogP contribution in [0.15, 0.2) is 30.5 Å². The van der Waals surface area contributed by atoms with E-state index in [2.05, 4.69) is 58.0 Å². The molecule has 0 saturated carbocycles. The van der Waals surface area contributed by atoms with Gasteiger partial charge in [0.05, 0.1) is 0 Å². The fourth-order valence-electron chi connectivity index (χ4n) is 4.61. The highest BCUT2D eigenvalue weighted by Crippen LogP contribution is 2.44. The molecule has 0 aliphatic rings. The number of rotatable bonds is 5. The molecular formula is C19H30N2O2Si. The predicted octanol–water partition coefficient (Wildman–Crippen LogP) is 5.78. The Morgan fingerprint density at radius 1 is 1.04 bits per heavy atom. The first kappa shape index (κ1) is 18.6. The summed E-state index contributed by atoms with van der Waals surface area (Å²) in [4.78, 5) is 12.6. The summed E-state index contributed by atoms with van der Waals surface area (Å²) in [5.74, 6) is 0. The van der Waals surface area contributed by atoms with Crippen molar-refractivity contribution < 1.29 is 9.90 Å². The lowest BCUT2D eigenvalue weighted by Crippen LogP contribution is -2.51. The lowest BCUT2D eigenvalue weighted by Gasteiger charge is -2.44. The van der Waals surface area contributed by atoms with Gasteiger partial charge in [-0.1, -0.05) is 47.6 Å². The van der Waals surface area contributed by atoms with Crippen molar-refractivity contribution in [1.82, 2.24) is 4.23 Å². The van der Waals surface area contributed by atoms with Gasteiger partial charge in [0.2, 0.25) is 0 Å². The topological polar surface area (TPSA) is 45.5 Å². The lowest BCUT2D eigenvalue weighted by molar-refractivity contribution is 0.203. The molecule has 0 unspecified atom stereocenters. The number of hydrogen-bond acceptors (Lipinski definition) is 1. The third-order valence-corrected chi connectivity index (χ3v) is 12.3. The van der Waals surface area contributed by atoms with Gasteiger partial charge in [0, 0.05) is 18.3 Å². The molecule has 0 radical (unpaired) electrons. The molecule has 0 aliphatic carbocycles. The summed E-state index contributed by atoms with van der Waals surface area (Å²) in [6, 6.07) is 8.10. The second-order valence-electron chi connectivity index (χ2n) is 7.62. The summed E-state index contributed by atoms with van der Waals surface area (Å²) >= 11 is 0. The van der Waals surface area contributed by atoms with E-state index in [0.29, 0.717) is 22.3 Å². The molecule has 1 N–H and O–H groups in total. The Bertz CT molecular complexity index is 712. The maximum absolute atomic E-state index is 11.3.